The topological polar surface area (TPSA) is 66.7 Å². The van der Waals surface area contributed by atoms with Crippen LogP contribution in [0.5, 0.6) is 0 Å². The van der Waals surface area contributed by atoms with Crippen LogP contribution in [0, 0.1) is 12.7 Å². The van der Waals surface area contributed by atoms with Gasteiger partial charge < -0.3 is 10.2 Å². The number of halogens is 1. The zero-order chi connectivity index (χ0) is 18.3. The van der Waals surface area contributed by atoms with E-state index in [4.69, 9.17) is 0 Å². The molecule has 1 aromatic carbocycles. The van der Waals surface area contributed by atoms with Crippen LogP contribution < -0.4 is 10.9 Å². The number of benzene rings is 1. The van der Waals surface area contributed by atoms with Crippen LogP contribution >= 0.6 is 0 Å². The molecule has 2 amide bonds. The lowest BCUT2D eigenvalue weighted by Gasteiger charge is -2.28. The van der Waals surface area contributed by atoms with Crippen LogP contribution in [0.2, 0.25) is 0 Å². The quantitative estimate of drug-likeness (QED) is 0.732. The molecule has 2 aromatic heterocycles. The Morgan fingerprint density at radius 2 is 2.12 bits per heavy atom. The van der Waals surface area contributed by atoms with Gasteiger partial charge in [0, 0.05) is 24.8 Å². The standard InChI is InChI=1S/C19H17FN4O2/c1-12-4-3-8-24-17(12)22-16-7-9-23(11-15(16)18(24)25)19(26)21-14-6-2-5-13(20)10-14/h2-6,8,10H,7,9,11H2,1H3,(H,21,26). The summed E-state index contributed by atoms with van der Waals surface area (Å²) < 4.78 is 14.8. The summed E-state index contributed by atoms with van der Waals surface area (Å²) in [6, 6.07) is 9.06. The molecule has 0 bridgehead atoms. The first-order chi connectivity index (χ1) is 12.5. The Hall–Kier alpha value is -3.22. The van der Waals surface area contributed by atoms with Crippen LogP contribution in [-0.4, -0.2) is 26.9 Å². The summed E-state index contributed by atoms with van der Waals surface area (Å²) in [5, 5.41) is 2.67. The third-order valence-electron chi connectivity index (χ3n) is 4.56. The molecule has 1 aliphatic rings. The van der Waals surface area contributed by atoms with Crippen LogP contribution in [0.25, 0.3) is 5.65 Å². The number of pyridine rings is 1. The van der Waals surface area contributed by atoms with Crippen molar-refractivity contribution in [3.8, 4) is 0 Å². The second-order valence-corrected chi connectivity index (χ2v) is 6.34. The van der Waals surface area contributed by atoms with Gasteiger partial charge >= 0.3 is 6.03 Å². The lowest BCUT2D eigenvalue weighted by molar-refractivity contribution is 0.205. The number of carbonyl (C=O) groups is 1. The predicted octanol–water partition coefficient (Wildman–Crippen LogP) is 2.73. The first-order valence-electron chi connectivity index (χ1n) is 8.34. The van der Waals surface area contributed by atoms with Crippen molar-refractivity contribution < 1.29 is 9.18 Å². The predicted molar refractivity (Wildman–Crippen MR) is 95.7 cm³/mol. The van der Waals surface area contributed by atoms with E-state index in [0.717, 1.165) is 11.3 Å². The van der Waals surface area contributed by atoms with Gasteiger partial charge in [-0.3, -0.25) is 9.20 Å². The van der Waals surface area contributed by atoms with Crippen molar-refractivity contribution in [1.29, 1.82) is 0 Å². The second-order valence-electron chi connectivity index (χ2n) is 6.34. The molecule has 6 nitrogen and oxygen atoms in total. The number of fused-ring (bicyclic) bond motifs is 2. The van der Waals surface area contributed by atoms with Crippen molar-refractivity contribution >= 4 is 17.4 Å². The number of nitrogens with zero attached hydrogens (tertiary/aromatic N) is 3. The summed E-state index contributed by atoms with van der Waals surface area (Å²) in [4.78, 5) is 31.5. The summed E-state index contributed by atoms with van der Waals surface area (Å²) in [5.41, 5.74) is 3.06. The summed E-state index contributed by atoms with van der Waals surface area (Å²) in [6.07, 6.45) is 2.19. The van der Waals surface area contributed by atoms with Crippen LogP contribution in [0.4, 0.5) is 14.9 Å². The highest BCUT2D eigenvalue weighted by atomic mass is 19.1. The molecule has 7 heteroatoms. The summed E-state index contributed by atoms with van der Waals surface area (Å²) in [6.45, 7) is 2.54. The van der Waals surface area contributed by atoms with Crippen LogP contribution in [0.3, 0.4) is 0 Å². The number of carbonyl (C=O) groups excluding carboxylic acids is 1. The molecule has 1 N–H and O–H groups in total. The Kier molecular flexibility index (Phi) is 3.91. The van der Waals surface area contributed by atoms with Gasteiger partial charge in [0.1, 0.15) is 11.5 Å². The fourth-order valence-corrected chi connectivity index (χ4v) is 3.20. The van der Waals surface area contributed by atoms with E-state index in [2.05, 4.69) is 10.3 Å². The average Bonchev–Trinajstić information content (AvgIpc) is 2.63. The summed E-state index contributed by atoms with van der Waals surface area (Å²) in [7, 11) is 0. The minimum absolute atomic E-state index is 0.156. The van der Waals surface area contributed by atoms with Crippen molar-refractivity contribution in [3.63, 3.8) is 0 Å². The van der Waals surface area contributed by atoms with Gasteiger partial charge in [0.05, 0.1) is 17.8 Å². The Morgan fingerprint density at radius 3 is 2.92 bits per heavy atom. The maximum atomic E-state index is 13.3. The molecule has 1 aliphatic heterocycles. The van der Waals surface area contributed by atoms with E-state index >= 15 is 0 Å². The molecule has 0 saturated heterocycles. The molecule has 3 heterocycles. The molecule has 0 saturated carbocycles. The number of anilines is 1. The van der Waals surface area contributed by atoms with E-state index < -0.39 is 5.82 Å². The average molecular weight is 352 g/mol. The molecule has 26 heavy (non-hydrogen) atoms. The lowest BCUT2D eigenvalue weighted by atomic mass is 10.1. The maximum absolute atomic E-state index is 13.3. The van der Waals surface area contributed by atoms with Gasteiger partial charge in [-0.15, -0.1) is 0 Å². The number of urea groups is 1. The summed E-state index contributed by atoms with van der Waals surface area (Å²) in [5.74, 6) is -0.420. The van der Waals surface area contributed by atoms with Crippen molar-refractivity contribution in [2.75, 3.05) is 11.9 Å². The molecule has 0 radical (unpaired) electrons. The smallest absolute Gasteiger partial charge is 0.320 e. The molecule has 0 atom stereocenters. The fraction of sp³-hybridized carbons (Fsp3) is 0.211. The van der Waals surface area contributed by atoms with Gasteiger partial charge in [-0.1, -0.05) is 12.1 Å². The number of amides is 2. The van der Waals surface area contributed by atoms with Crippen molar-refractivity contribution in [2.24, 2.45) is 0 Å². The van der Waals surface area contributed by atoms with Gasteiger partial charge in [-0.2, -0.15) is 0 Å². The SMILES string of the molecule is Cc1cccn2c(=O)c3c(nc12)CCN(C(=O)Nc1cccc(F)c1)C3. The van der Waals surface area contributed by atoms with Crippen LogP contribution in [0.1, 0.15) is 16.8 Å². The van der Waals surface area contributed by atoms with Crippen LogP contribution in [-0.2, 0) is 13.0 Å². The largest absolute Gasteiger partial charge is 0.322 e. The highest BCUT2D eigenvalue weighted by Crippen LogP contribution is 2.18. The fourth-order valence-electron chi connectivity index (χ4n) is 3.20. The minimum atomic E-state index is -0.420. The van der Waals surface area contributed by atoms with E-state index in [9.17, 15) is 14.0 Å². The molecule has 0 aliphatic carbocycles. The van der Waals surface area contributed by atoms with Gasteiger partial charge in [-0.05, 0) is 36.8 Å². The number of aryl methyl sites for hydroxylation is 1. The Balaban J connectivity index is 1.63. The molecular weight excluding hydrogens is 335 g/mol. The Labute approximate surface area is 148 Å². The summed E-state index contributed by atoms with van der Waals surface area (Å²) >= 11 is 0. The Morgan fingerprint density at radius 1 is 1.27 bits per heavy atom. The minimum Gasteiger partial charge on any atom is -0.320 e. The second kappa shape index (κ2) is 6.25. The molecule has 3 aromatic rings. The maximum Gasteiger partial charge on any atom is 0.322 e. The number of aromatic nitrogens is 2. The Bertz CT molecular complexity index is 1080. The zero-order valence-corrected chi connectivity index (χ0v) is 14.2. The molecule has 0 unspecified atom stereocenters. The number of nitrogens with one attached hydrogen (secondary N) is 1. The van der Waals surface area contributed by atoms with E-state index in [1.807, 2.05) is 13.0 Å². The van der Waals surface area contributed by atoms with E-state index in [0.29, 0.717) is 29.9 Å². The zero-order valence-electron chi connectivity index (χ0n) is 14.2. The van der Waals surface area contributed by atoms with Crippen molar-refractivity contribution in [2.45, 2.75) is 19.9 Å². The van der Waals surface area contributed by atoms with Crippen LogP contribution in [0.15, 0.2) is 47.4 Å². The highest BCUT2D eigenvalue weighted by Gasteiger charge is 2.25. The lowest BCUT2D eigenvalue weighted by Crippen LogP contribution is -2.42. The third kappa shape index (κ3) is 2.81. The molecule has 4 rings (SSSR count). The van der Waals surface area contributed by atoms with Gasteiger partial charge in [0.15, 0.2) is 0 Å². The molecular formula is C19H17FN4O2. The normalized spacial score (nSPS) is 13.5. The number of hydrogen-bond acceptors (Lipinski definition) is 3. The molecule has 0 fully saturated rings. The first-order valence-corrected chi connectivity index (χ1v) is 8.34. The first kappa shape index (κ1) is 16.3. The van der Waals surface area contributed by atoms with E-state index in [-0.39, 0.29) is 18.1 Å². The van der Waals surface area contributed by atoms with E-state index in [1.165, 1.54) is 22.6 Å². The van der Waals surface area contributed by atoms with Gasteiger partial charge in [-0.25, -0.2) is 14.2 Å². The van der Waals surface area contributed by atoms with Gasteiger partial charge in [0.2, 0.25) is 0 Å². The number of rotatable bonds is 1. The number of hydrogen-bond donors (Lipinski definition) is 1. The molecule has 0 spiro atoms. The highest BCUT2D eigenvalue weighted by molar-refractivity contribution is 5.89. The monoisotopic (exact) mass is 352 g/mol. The van der Waals surface area contributed by atoms with Crippen molar-refractivity contribution in [1.82, 2.24) is 14.3 Å². The third-order valence-corrected chi connectivity index (χ3v) is 4.56. The van der Waals surface area contributed by atoms with Gasteiger partial charge in [0.25, 0.3) is 5.56 Å². The van der Waals surface area contributed by atoms with Crippen molar-refractivity contribution in [3.05, 3.63) is 75.6 Å². The molecule has 132 valence electrons. The van der Waals surface area contributed by atoms with E-state index in [1.54, 1.807) is 23.2 Å².